The molecular formula is C21H24N4O3. The summed E-state index contributed by atoms with van der Waals surface area (Å²) in [5.74, 6) is 0. The van der Waals surface area contributed by atoms with Crippen LogP contribution >= 0.6 is 0 Å². The molecule has 0 N–H and O–H groups in total. The summed E-state index contributed by atoms with van der Waals surface area (Å²) in [6.07, 6.45) is 2.03. The highest BCUT2D eigenvalue weighted by atomic mass is 16.6. The summed E-state index contributed by atoms with van der Waals surface area (Å²) < 4.78 is 8.87. The van der Waals surface area contributed by atoms with Gasteiger partial charge in [0.05, 0.1) is 17.2 Å². The summed E-state index contributed by atoms with van der Waals surface area (Å²) in [6, 6.07) is 13.1. The fourth-order valence-electron chi connectivity index (χ4n) is 3.65. The van der Waals surface area contributed by atoms with Crippen LogP contribution in [0.4, 0.5) is 4.79 Å². The number of imidazole rings is 1. The normalized spacial score (nSPS) is 17.2. The third-order valence-electron chi connectivity index (χ3n) is 4.83. The number of carbonyl (C=O) groups is 1. The molecule has 7 heteroatoms. The molecule has 146 valence electrons. The predicted molar refractivity (Wildman–Crippen MR) is 107 cm³/mol. The molecule has 1 amide bonds. The van der Waals surface area contributed by atoms with E-state index in [1.807, 2.05) is 63.2 Å². The van der Waals surface area contributed by atoms with Gasteiger partial charge in [-0.25, -0.2) is 14.6 Å². The van der Waals surface area contributed by atoms with Crippen molar-refractivity contribution in [3.63, 3.8) is 0 Å². The Morgan fingerprint density at radius 2 is 1.89 bits per heavy atom. The second-order valence-electron chi connectivity index (χ2n) is 8.04. The lowest BCUT2D eigenvalue weighted by Gasteiger charge is -2.24. The van der Waals surface area contributed by atoms with Crippen molar-refractivity contribution in [1.82, 2.24) is 19.0 Å². The SMILES string of the molecule is CC(C)(C)OC(=O)N1CCC(n2c(=O)n(-c3ccccc3)c3cccnc32)C1. The molecule has 3 aromatic rings. The molecule has 1 aliphatic rings. The van der Waals surface area contributed by atoms with Crippen molar-refractivity contribution < 1.29 is 9.53 Å². The van der Waals surface area contributed by atoms with Crippen molar-refractivity contribution in [2.75, 3.05) is 13.1 Å². The zero-order chi connectivity index (χ0) is 19.9. The molecule has 4 rings (SSSR count). The van der Waals surface area contributed by atoms with Gasteiger partial charge in [-0.15, -0.1) is 0 Å². The Balaban J connectivity index is 1.72. The number of para-hydroxylation sites is 1. The van der Waals surface area contributed by atoms with Crippen LogP contribution in [0, 0.1) is 0 Å². The highest BCUT2D eigenvalue weighted by Crippen LogP contribution is 2.26. The van der Waals surface area contributed by atoms with Gasteiger partial charge in [0.15, 0.2) is 5.65 Å². The highest BCUT2D eigenvalue weighted by molar-refractivity contribution is 5.74. The van der Waals surface area contributed by atoms with Crippen LogP contribution in [-0.2, 0) is 4.74 Å². The standard InChI is InChI=1S/C21H24N4O3/c1-21(2,3)28-20(27)23-13-11-16(14-23)25-18-17(10-7-12-22-18)24(19(25)26)15-8-5-4-6-9-15/h4-10,12,16H,11,13-14H2,1-3H3. The highest BCUT2D eigenvalue weighted by Gasteiger charge is 2.33. The topological polar surface area (TPSA) is 69.4 Å². The molecule has 1 aromatic carbocycles. The summed E-state index contributed by atoms with van der Waals surface area (Å²) in [5.41, 5.74) is 1.50. The van der Waals surface area contributed by atoms with Gasteiger partial charge in [0.2, 0.25) is 0 Å². The van der Waals surface area contributed by atoms with E-state index in [9.17, 15) is 9.59 Å². The van der Waals surface area contributed by atoms with Gasteiger partial charge in [0.1, 0.15) is 5.60 Å². The van der Waals surface area contributed by atoms with Crippen LogP contribution in [-0.4, -0.2) is 43.8 Å². The number of likely N-dealkylation sites (tertiary alicyclic amines) is 1. The average Bonchev–Trinajstić information content (AvgIpc) is 3.23. The maximum Gasteiger partial charge on any atom is 0.410 e. The second kappa shape index (κ2) is 6.82. The first-order valence-corrected chi connectivity index (χ1v) is 9.46. The Morgan fingerprint density at radius 1 is 1.14 bits per heavy atom. The number of pyridine rings is 1. The monoisotopic (exact) mass is 380 g/mol. The molecule has 28 heavy (non-hydrogen) atoms. The number of hydrogen-bond acceptors (Lipinski definition) is 4. The minimum Gasteiger partial charge on any atom is -0.444 e. The molecule has 1 atom stereocenters. The molecule has 0 saturated carbocycles. The van der Waals surface area contributed by atoms with Crippen LogP contribution < -0.4 is 5.69 Å². The van der Waals surface area contributed by atoms with Crippen LogP contribution in [0.2, 0.25) is 0 Å². The molecule has 0 radical (unpaired) electrons. The van der Waals surface area contributed by atoms with E-state index < -0.39 is 5.60 Å². The fourth-order valence-corrected chi connectivity index (χ4v) is 3.65. The summed E-state index contributed by atoms with van der Waals surface area (Å²) in [4.78, 5) is 31.9. The molecule has 1 fully saturated rings. The lowest BCUT2D eigenvalue weighted by molar-refractivity contribution is 0.0289. The molecule has 1 aliphatic heterocycles. The van der Waals surface area contributed by atoms with Gasteiger partial charge in [0.25, 0.3) is 0 Å². The average molecular weight is 380 g/mol. The van der Waals surface area contributed by atoms with Crippen molar-refractivity contribution in [3.8, 4) is 5.69 Å². The molecule has 0 aliphatic carbocycles. The summed E-state index contributed by atoms with van der Waals surface area (Å²) in [5, 5.41) is 0. The van der Waals surface area contributed by atoms with Gasteiger partial charge in [0, 0.05) is 19.3 Å². The number of fused-ring (bicyclic) bond motifs is 1. The maximum absolute atomic E-state index is 13.3. The van der Waals surface area contributed by atoms with E-state index in [2.05, 4.69) is 4.98 Å². The largest absolute Gasteiger partial charge is 0.444 e. The van der Waals surface area contributed by atoms with Crippen molar-refractivity contribution in [2.45, 2.75) is 38.8 Å². The molecule has 2 aromatic heterocycles. The van der Waals surface area contributed by atoms with Gasteiger partial charge in [-0.2, -0.15) is 0 Å². The second-order valence-corrected chi connectivity index (χ2v) is 8.04. The van der Waals surface area contributed by atoms with E-state index >= 15 is 0 Å². The first kappa shape index (κ1) is 18.3. The number of amides is 1. The van der Waals surface area contributed by atoms with E-state index in [0.717, 1.165) is 11.2 Å². The lowest BCUT2D eigenvalue weighted by Crippen LogP contribution is -2.36. The van der Waals surface area contributed by atoms with Crippen LogP contribution in [0.5, 0.6) is 0 Å². The first-order chi connectivity index (χ1) is 13.3. The minimum absolute atomic E-state index is 0.137. The van der Waals surface area contributed by atoms with Gasteiger partial charge in [-0.1, -0.05) is 18.2 Å². The molecule has 7 nitrogen and oxygen atoms in total. The maximum atomic E-state index is 13.3. The van der Waals surface area contributed by atoms with Crippen LogP contribution in [0.3, 0.4) is 0 Å². The zero-order valence-electron chi connectivity index (χ0n) is 16.3. The third kappa shape index (κ3) is 3.28. The summed E-state index contributed by atoms with van der Waals surface area (Å²) >= 11 is 0. The van der Waals surface area contributed by atoms with Gasteiger partial charge >= 0.3 is 11.8 Å². The Labute approximate surface area is 163 Å². The predicted octanol–water partition coefficient (Wildman–Crippen LogP) is 3.37. The molecule has 1 unspecified atom stereocenters. The number of hydrogen-bond donors (Lipinski definition) is 0. The Morgan fingerprint density at radius 3 is 2.61 bits per heavy atom. The van der Waals surface area contributed by atoms with E-state index in [0.29, 0.717) is 25.2 Å². The molecular weight excluding hydrogens is 356 g/mol. The minimum atomic E-state index is -0.545. The molecule has 3 heterocycles. The van der Waals surface area contributed by atoms with Gasteiger partial charge in [-0.3, -0.25) is 9.13 Å². The third-order valence-corrected chi connectivity index (χ3v) is 4.83. The zero-order valence-corrected chi connectivity index (χ0v) is 16.3. The smallest absolute Gasteiger partial charge is 0.410 e. The number of benzene rings is 1. The van der Waals surface area contributed by atoms with E-state index in [1.165, 1.54) is 0 Å². The van der Waals surface area contributed by atoms with Gasteiger partial charge < -0.3 is 9.64 Å². The first-order valence-electron chi connectivity index (χ1n) is 9.46. The summed E-state index contributed by atoms with van der Waals surface area (Å²) in [6.45, 7) is 6.53. The van der Waals surface area contributed by atoms with Crippen LogP contribution in [0.15, 0.2) is 53.5 Å². The fraction of sp³-hybridized carbons (Fsp3) is 0.381. The van der Waals surface area contributed by atoms with Crippen LogP contribution in [0.25, 0.3) is 16.9 Å². The number of ether oxygens (including phenoxy) is 1. The van der Waals surface area contributed by atoms with Crippen molar-refractivity contribution >= 4 is 17.3 Å². The summed E-state index contributed by atoms with van der Waals surface area (Å²) in [7, 11) is 0. The van der Waals surface area contributed by atoms with Crippen molar-refractivity contribution in [3.05, 3.63) is 59.1 Å². The molecule has 0 bridgehead atoms. The van der Waals surface area contributed by atoms with Crippen LogP contribution in [0.1, 0.15) is 33.2 Å². The van der Waals surface area contributed by atoms with Crippen molar-refractivity contribution in [1.29, 1.82) is 0 Å². The number of aromatic nitrogens is 3. The Bertz CT molecular complexity index is 1060. The number of carbonyl (C=O) groups excluding carboxylic acids is 1. The number of rotatable bonds is 2. The molecule has 1 saturated heterocycles. The van der Waals surface area contributed by atoms with Crippen molar-refractivity contribution in [2.24, 2.45) is 0 Å². The molecule has 0 spiro atoms. The van der Waals surface area contributed by atoms with E-state index in [4.69, 9.17) is 4.74 Å². The van der Waals surface area contributed by atoms with E-state index in [-0.39, 0.29) is 17.8 Å². The number of nitrogens with zero attached hydrogens (tertiary/aromatic N) is 4. The van der Waals surface area contributed by atoms with E-state index in [1.54, 1.807) is 20.2 Å². The van der Waals surface area contributed by atoms with Gasteiger partial charge in [-0.05, 0) is 51.5 Å². The quantitative estimate of drug-likeness (QED) is 0.684. The lowest BCUT2D eigenvalue weighted by atomic mass is 10.2. The Kier molecular flexibility index (Phi) is 4.45. The Hall–Kier alpha value is -3.09.